The number of rotatable bonds is 3. The molecule has 1 N–H and O–H groups in total. The number of benzene rings is 1. The van der Waals surface area contributed by atoms with E-state index in [0.717, 1.165) is 0 Å². The molecule has 0 aliphatic carbocycles. The van der Waals surface area contributed by atoms with Crippen molar-refractivity contribution in [2.24, 2.45) is 0 Å². The van der Waals surface area contributed by atoms with Crippen LogP contribution in [0.5, 0.6) is 5.75 Å². The molecular formula is C12H15NO3. The number of ether oxygens (including phenoxy) is 1. The SMILES string of the molecule is CCOc1cccc(C(=O)N2CC(O)C2)c1. The van der Waals surface area contributed by atoms with Crippen molar-refractivity contribution in [1.82, 2.24) is 4.90 Å². The van der Waals surface area contributed by atoms with Gasteiger partial charge in [-0.3, -0.25) is 4.79 Å². The fourth-order valence-corrected chi connectivity index (χ4v) is 1.69. The number of carbonyl (C=O) groups is 1. The summed E-state index contributed by atoms with van der Waals surface area (Å²) < 4.78 is 5.33. The van der Waals surface area contributed by atoms with E-state index in [9.17, 15) is 4.79 Å². The smallest absolute Gasteiger partial charge is 0.254 e. The van der Waals surface area contributed by atoms with Crippen molar-refractivity contribution in [2.45, 2.75) is 13.0 Å². The third-order valence-electron chi connectivity index (χ3n) is 2.54. The van der Waals surface area contributed by atoms with Gasteiger partial charge < -0.3 is 14.7 Å². The zero-order valence-electron chi connectivity index (χ0n) is 9.22. The van der Waals surface area contributed by atoms with Crippen LogP contribution in [0.2, 0.25) is 0 Å². The van der Waals surface area contributed by atoms with E-state index in [2.05, 4.69) is 0 Å². The Morgan fingerprint density at radius 1 is 1.56 bits per heavy atom. The highest BCUT2D eigenvalue weighted by Gasteiger charge is 2.29. The maximum atomic E-state index is 11.9. The molecule has 0 atom stereocenters. The molecule has 0 radical (unpaired) electrons. The van der Waals surface area contributed by atoms with E-state index in [1.807, 2.05) is 13.0 Å². The highest BCUT2D eigenvalue weighted by molar-refractivity contribution is 5.95. The van der Waals surface area contributed by atoms with Gasteiger partial charge in [0, 0.05) is 18.7 Å². The number of β-amino-alcohol motifs (C(OH)–C–C–N with tert-alkyl or cyclic N) is 1. The molecule has 86 valence electrons. The molecule has 4 heteroatoms. The number of hydrogen-bond acceptors (Lipinski definition) is 3. The normalized spacial score (nSPS) is 15.8. The summed E-state index contributed by atoms with van der Waals surface area (Å²) in [6, 6.07) is 7.12. The standard InChI is InChI=1S/C12H15NO3/c1-2-16-11-5-3-4-9(6-11)12(15)13-7-10(14)8-13/h3-6,10,14H,2,7-8H2,1H3. The molecule has 1 aliphatic heterocycles. The van der Waals surface area contributed by atoms with Crippen molar-refractivity contribution >= 4 is 5.91 Å². The van der Waals surface area contributed by atoms with Crippen LogP contribution in [0.4, 0.5) is 0 Å². The van der Waals surface area contributed by atoms with Crippen LogP contribution in [0.3, 0.4) is 0 Å². The van der Waals surface area contributed by atoms with Gasteiger partial charge in [-0.15, -0.1) is 0 Å². The lowest BCUT2D eigenvalue weighted by atomic mass is 10.1. The number of likely N-dealkylation sites (tertiary alicyclic amines) is 1. The molecule has 1 aliphatic rings. The Bertz CT molecular complexity index is 386. The van der Waals surface area contributed by atoms with Gasteiger partial charge in [0.15, 0.2) is 0 Å². The first-order valence-electron chi connectivity index (χ1n) is 5.41. The molecule has 16 heavy (non-hydrogen) atoms. The van der Waals surface area contributed by atoms with Crippen LogP contribution in [0, 0.1) is 0 Å². The highest BCUT2D eigenvalue weighted by atomic mass is 16.5. The predicted octanol–water partition coefficient (Wildman–Crippen LogP) is 0.902. The van der Waals surface area contributed by atoms with Crippen molar-refractivity contribution in [3.8, 4) is 5.75 Å². The second-order valence-corrected chi connectivity index (χ2v) is 3.82. The van der Waals surface area contributed by atoms with Crippen LogP contribution >= 0.6 is 0 Å². The molecule has 1 heterocycles. The lowest BCUT2D eigenvalue weighted by Gasteiger charge is -2.35. The Morgan fingerprint density at radius 2 is 2.31 bits per heavy atom. The minimum atomic E-state index is -0.362. The number of hydrogen-bond donors (Lipinski definition) is 1. The lowest BCUT2D eigenvalue weighted by Crippen LogP contribution is -2.53. The van der Waals surface area contributed by atoms with E-state index in [0.29, 0.717) is 31.0 Å². The third-order valence-corrected chi connectivity index (χ3v) is 2.54. The fourth-order valence-electron chi connectivity index (χ4n) is 1.69. The van der Waals surface area contributed by atoms with Gasteiger partial charge in [0.05, 0.1) is 12.7 Å². The zero-order chi connectivity index (χ0) is 11.5. The van der Waals surface area contributed by atoms with E-state index in [-0.39, 0.29) is 12.0 Å². The monoisotopic (exact) mass is 221 g/mol. The Labute approximate surface area is 94.4 Å². The highest BCUT2D eigenvalue weighted by Crippen LogP contribution is 2.17. The third kappa shape index (κ3) is 2.17. The zero-order valence-corrected chi connectivity index (χ0v) is 9.22. The predicted molar refractivity (Wildman–Crippen MR) is 59.5 cm³/mol. The van der Waals surface area contributed by atoms with Gasteiger partial charge >= 0.3 is 0 Å². The molecule has 1 aromatic rings. The summed E-state index contributed by atoms with van der Waals surface area (Å²) in [5.74, 6) is 0.654. The Kier molecular flexibility index (Phi) is 3.10. The van der Waals surface area contributed by atoms with Gasteiger partial charge in [-0.05, 0) is 25.1 Å². The van der Waals surface area contributed by atoms with Crippen molar-refractivity contribution in [3.63, 3.8) is 0 Å². The van der Waals surface area contributed by atoms with E-state index in [1.165, 1.54) is 0 Å². The Morgan fingerprint density at radius 3 is 2.94 bits per heavy atom. The molecule has 4 nitrogen and oxygen atoms in total. The molecule has 0 aromatic heterocycles. The molecule has 0 spiro atoms. The maximum absolute atomic E-state index is 11.9. The summed E-state index contributed by atoms with van der Waals surface area (Å²) >= 11 is 0. The van der Waals surface area contributed by atoms with Crippen LogP contribution in [0.25, 0.3) is 0 Å². The summed E-state index contributed by atoms with van der Waals surface area (Å²) in [5, 5.41) is 9.13. The summed E-state index contributed by atoms with van der Waals surface area (Å²) in [5.41, 5.74) is 0.609. The molecule has 2 rings (SSSR count). The molecule has 1 saturated heterocycles. The maximum Gasteiger partial charge on any atom is 0.254 e. The van der Waals surface area contributed by atoms with Crippen LogP contribution in [-0.4, -0.2) is 41.7 Å². The molecule has 1 amide bonds. The molecule has 0 saturated carbocycles. The van der Waals surface area contributed by atoms with Gasteiger partial charge in [0.2, 0.25) is 0 Å². The van der Waals surface area contributed by atoms with Gasteiger partial charge in [-0.25, -0.2) is 0 Å². The first-order valence-corrected chi connectivity index (χ1v) is 5.41. The van der Waals surface area contributed by atoms with Crippen molar-refractivity contribution < 1.29 is 14.6 Å². The van der Waals surface area contributed by atoms with Gasteiger partial charge in [0.25, 0.3) is 5.91 Å². The number of amides is 1. The summed E-state index contributed by atoms with van der Waals surface area (Å²) in [6.45, 7) is 3.34. The first kappa shape index (κ1) is 11.0. The van der Waals surface area contributed by atoms with Gasteiger partial charge in [-0.1, -0.05) is 6.07 Å². The van der Waals surface area contributed by atoms with E-state index in [4.69, 9.17) is 9.84 Å². The molecule has 0 bridgehead atoms. The molecule has 1 fully saturated rings. The number of nitrogens with zero attached hydrogens (tertiary/aromatic N) is 1. The van der Waals surface area contributed by atoms with E-state index in [1.54, 1.807) is 23.1 Å². The van der Waals surface area contributed by atoms with Gasteiger partial charge in [0.1, 0.15) is 5.75 Å². The molecule has 1 aromatic carbocycles. The van der Waals surface area contributed by atoms with Crippen LogP contribution in [-0.2, 0) is 0 Å². The van der Waals surface area contributed by atoms with Crippen LogP contribution < -0.4 is 4.74 Å². The number of aliphatic hydroxyl groups excluding tert-OH is 1. The largest absolute Gasteiger partial charge is 0.494 e. The van der Waals surface area contributed by atoms with Crippen LogP contribution in [0.1, 0.15) is 17.3 Å². The lowest BCUT2D eigenvalue weighted by molar-refractivity contribution is 0.00587. The van der Waals surface area contributed by atoms with E-state index >= 15 is 0 Å². The topological polar surface area (TPSA) is 49.8 Å². The van der Waals surface area contributed by atoms with Crippen LogP contribution in [0.15, 0.2) is 24.3 Å². The first-order chi connectivity index (χ1) is 7.70. The van der Waals surface area contributed by atoms with Crippen molar-refractivity contribution in [3.05, 3.63) is 29.8 Å². The molecular weight excluding hydrogens is 206 g/mol. The molecule has 0 unspecified atom stereocenters. The van der Waals surface area contributed by atoms with E-state index < -0.39 is 0 Å². The number of carbonyl (C=O) groups excluding carboxylic acids is 1. The second kappa shape index (κ2) is 4.53. The Hall–Kier alpha value is -1.55. The van der Waals surface area contributed by atoms with Crippen molar-refractivity contribution in [2.75, 3.05) is 19.7 Å². The minimum Gasteiger partial charge on any atom is -0.494 e. The summed E-state index contributed by atoms with van der Waals surface area (Å²) in [7, 11) is 0. The van der Waals surface area contributed by atoms with Gasteiger partial charge in [-0.2, -0.15) is 0 Å². The average molecular weight is 221 g/mol. The average Bonchev–Trinajstić information content (AvgIpc) is 2.25. The fraction of sp³-hybridized carbons (Fsp3) is 0.417. The second-order valence-electron chi connectivity index (χ2n) is 3.82. The Balaban J connectivity index is 2.08. The number of aliphatic hydroxyl groups is 1. The van der Waals surface area contributed by atoms with Crippen molar-refractivity contribution in [1.29, 1.82) is 0 Å². The quantitative estimate of drug-likeness (QED) is 0.825. The summed E-state index contributed by atoms with van der Waals surface area (Å²) in [6.07, 6.45) is -0.362. The summed E-state index contributed by atoms with van der Waals surface area (Å²) in [4.78, 5) is 13.5. The minimum absolute atomic E-state index is 0.0492.